The predicted molar refractivity (Wildman–Crippen MR) is 152 cm³/mol. The summed E-state index contributed by atoms with van der Waals surface area (Å²) >= 11 is 0. The van der Waals surface area contributed by atoms with Gasteiger partial charge in [-0.2, -0.15) is 0 Å². The average Bonchev–Trinajstić information content (AvgIpc) is 3.39. The minimum Gasteiger partial charge on any atom is -0.437 e. The number of anilines is 1. The van der Waals surface area contributed by atoms with Crippen molar-refractivity contribution in [2.45, 2.75) is 45.6 Å². The van der Waals surface area contributed by atoms with Gasteiger partial charge in [0, 0.05) is 36.4 Å². The number of hydrogen-bond acceptors (Lipinski definition) is 8. The van der Waals surface area contributed by atoms with E-state index in [1.165, 1.54) is 5.56 Å². The van der Waals surface area contributed by atoms with Gasteiger partial charge in [0.1, 0.15) is 11.5 Å². The van der Waals surface area contributed by atoms with Crippen LogP contribution in [0.2, 0.25) is 0 Å². The fourth-order valence-corrected chi connectivity index (χ4v) is 5.16. The van der Waals surface area contributed by atoms with Gasteiger partial charge in [-0.05, 0) is 80.8 Å². The SMILES string of the molecule is Cc1cc(CCc2cccc3c(Oc4ncccc4-c4ccnc(N[C@H]5CCCNC5)n4)c(C)ccc23)no1. The Kier molecular flexibility index (Phi) is 7.19. The van der Waals surface area contributed by atoms with Gasteiger partial charge in [-0.15, -0.1) is 0 Å². The highest BCUT2D eigenvalue weighted by Crippen LogP contribution is 2.37. The van der Waals surface area contributed by atoms with Crippen molar-refractivity contribution in [2.75, 3.05) is 18.4 Å². The molecule has 0 unspecified atom stereocenters. The Bertz CT molecular complexity index is 1590. The fraction of sp³-hybridized carbons (Fsp3) is 0.290. The highest BCUT2D eigenvalue weighted by molar-refractivity contribution is 5.92. The first kappa shape index (κ1) is 25.0. The summed E-state index contributed by atoms with van der Waals surface area (Å²) in [5, 5.41) is 13.3. The van der Waals surface area contributed by atoms with Crippen LogP contribution in [0.15, 0.2) is 71.5 Å². The number of nitrogens with zero attached hydrogens (tertiary/aromatic N) is 4. The molecule has 39 heavy (non-hydrogen) atoms. The summed E-state index contributed by atoms with van der Waals surface area (Å²) in [4.78, 5) is 13.9. The maximum absolute atomic E-state index is 6.59. The molecule has 6 rings (SSSR count). The molecule has 0 amide bonds. The second-order valence-electron chi connectivity index (χ2n) is 10.1. The number of hydrogen-bond donors (Lipinski definition) is 2. The molecule has 1 aliphatic rings. The largest absolute Gasteiger partial charge is 0.437 e. The Balaban J connectivity index is 1.30. The molecule has 1 aliphatic heterocycles. The molecule has 0 saturated carbocycles. The topological polar surface area (TPSA) is 98.0 Å². The summed E-state index contributed by atoms with van der Waals surface area (Å²) in [5.74, 6) is 2.76. The second kappa shape index (κ2) is 11.2. The van der Waals surface area contributed by atoms with Crippen LogP contribution < -0.4 is 15.4 Å². The first-order chi connectivity index (χ1) is 19.1. The number of nitrogens with one attached hydrogen (secondary N) is 2. The molecule has 3 aromatic heterocycles. The van der Waals surface area contributed by atoms with E-state index >= 15 is 0 Å². The summed E-state index contributed by atoms with van der Waals surface area (Å²) in [5.41, 5.74) is 4.82. The lowest BCUT2D eigenvalue weighted by molar-refractivity contribution is 0.390. The van der Waals surface area contributed by atoms with Crippen LogP contribution in [0, 0.1) is 13.8 Å². The molecule has 1 saturated heterocycles. The molecule has 4 heterocycles. The molecule has 0 radical (unpaired) electrons. The van der Waals surface area contributed by atoms with Crippen LogP contribution in [0.4, 0.5) is 5.95 Å². The highest BCUT2D eigenvalue weighted by atomic mass is 16.5. The third-order valence-corrected chi connectivity index (χ3v) is 7.16. The molecule has 2 aromatic carbocycles. The Morgan fingerprint density at radius 2 is 1.95 bits per heavy atom. The Morgan fingerprint density at radius 3 is 2.79 bits per heavy atom. The van der Waals surface area contributed by atoms with Crippen LogP contribution in [-0.2, 0) is 12.8 Å². The van der Waals surface area contributed by atoms with Gasteiger partial charge in [0.05, 0.1) is 17.0 Å². The molecule has 1 atom stereocenters. The minimum atomic E-state index is 0.319. The highest BCUT2D eigenvalue weighted by Gasteiger charge is 2.17. The molecule has 0 aliphatic carbocycles. The van der Waals surface area contributed by atoms with Crippen molar-refractivity contribution in [1.29, 1.82) is 0 Å². The van der Waals surface area contributed by atoms with Crippen molar-refractivity contribution in [3.05, 3.63) is 89.6 Å². The Hall–Kier alpha value is -4.30. The van der Waals surface area contributed by atoms with E-state index in [2.05, 4.69) is 63.0 Å². The molecule has 5 aromatic rings. The van der Waals surface area contributed by atoms with Gasteiger partial charge in [-0.1, -0.05) is 35.5 Å². The van der Waals surface area contributed by atoms with E-state index in [0.29, 0.717) is 17.9 Å². The van der Waals surface area contributed by atoms with Crippen LogP contribution in [0.3, 0.4) is 0 Å². The summed E-state index contributed by atoms with van der Waals surface area (Å²) < 4.78 is 11.8. The smallest absolute Gasteiger partial charge is 0.228 e. The molecule has 0 bridgehead atoms. The van der Waals surface area contributed by atoms with Crippen LogP contribution in [0.1, 0.15) is 35.4 Å². The van der Waals surface area contributed by atoms with Crippen LogP contribution in [-0.4, -0.2) is 39.2 Å². The number of pyridine rings is 1. The van der Waals surface area contributed by atoms with Gasteiger partial charge in [-0.3, -0.25) is 0 Å². The van der Waals surface area contributed by atoms with Gasteiger partial charge in [0.25, 0.3) is 0 Å². The summed E-state index contributed by atoms with van der Waals surface area (Å²) in [6, 6.07) is 18.7. The van der Waals surface area contributed by atoms with Crippen molar-refractivity contribution in [3.63, 3.8) is 0 Å². The zero-order valence-corrected chi connectivity index (χ0v) is 22.3. The summed E-state index contributed by atoms with van der Waals surface area (Å²) in [6.45, 7) is 5.95. The maximum Gasteiger partial charge on any atom is 0.228 e. The standard InChI is InChI=1S/C31H32N6O2/c1-20-10-13-25-22(11-12-23-18-21(2)39-37-23)6-3-8-26(25)29(20)38-30-27(9-5-16-33-30)28-14-17-34-31(36-28)35-24-7-4-15-32-19-24/h3,5-6,8-10,13-14,16-18,24,32H,4,7,11-12,15,19H2,1-2H3,(H,34,35,36)/t24-/m0/s1. The molecule has 8 nitrogen and oxygen atoms in total. The van der Waals surface area contributed by atoms with Crippen molar-refractivity contribution in [1.82, 2.24) is 25.4 Å². The van der Waals surface area contributed by atoms with Gasteiger partial charge in [-0.25, -0.2) is 15.0 Å². The minimum absolute atomic E-state index is 0.319. The van der Waals surface area contributed by atoms with E-state index in [-0.39, 0.29) is 0 Å². The molecule has 8 heteroatoms. The van der Waals surface area contributed by atoms with E-state index in [1.807, 2.05) is 31.2 Å². The van der Waals surface area contributed by atoms with E-state index in [4.69, 9.17) is 14.2 Å². The van der Waals surface area contributed by atoms with E-state index in [0.717, 1.165) is 83.6 Å². The zero-order chi connectivity index (χ0) is 26.6. The maximum atomic E-state index is 6.59. The number of ether oxygens (including phenoxy) is 1. The Labute approximate surface area is 227 Å². The van der Waals surface area contributed by atoms with Crippen molar-refractivity contribution < 1.29 is 9.26 Å². The number of piperidine rings is 1. The van der Waals surface area contributed by atoms with E-state index in [9.17, 15) is 0 Å². The van der Waals surface area contributed by atoms with Gasteiger partial charge in [0.15, 0.2) is 0 Å². The lowest BCUT2D eigenvalue weighted by atomic mass is 9.98. The van der Waals surface area contributed by atoms with Crippen LogP contribution >= 0.6 is 0 Å². The number of benzene rings is 2. The van der Waals surface area contributed by atoms with E-state index < -0.39 is 0 Å². The molecule has 0 spiro atoms. The van der Waals surface area contributed by atoms with Crippen LogP contribution in [0.25, 0.3) is 22.0 Å². The number of fused-ring (bicyclic) bond motifs is 1. The third-order valence-electron chi connectivity index (χ3n) is 7.16. The van der Waals surface area contributed by atoms with Crippen molar-refractivity contribution in [3.8, 4) is 22.9 Å². The molecule has 2 N–H and O–H groups in total. The first-order valence-corrected chi connectivity index (χ1v) is 13.5. The first-order valence-electron chi connectivity index (χ1n) is 13.5. The van der Waals surface area contributed by atoms with Gasteiger partial charge in [0.2, 0.25) is 11.8 Å². The van der Waals surface area contributed by atoms with Gasteiger partial charge >= 0.3 is 0 Å². The zero-order valence-electron chi connectivity index (χ0n) is 22.3. The molecule has 198 valence electrons. The molecular formula is C31H32N6O2. The lowest BCUT2D eigenvalue weighted by Crippen LogP contribution is -2.38. The van der Waals surface area contributed by atoms with Crippen molar-refractivity contribution >= 4 is 16.7 Å². The number of aryl methyl sites for hydroxylation is 4. The summed E-state index contributed by atoms with van der Waals surface area (Å²) in [7, 11) is 0. The number of rotatable bonds is 8. The van der Waals surface area contributed by atoms with Crippen molar-refractivity contribution in [2.24, 2.45) is 0 Å². The molecule has 1 fully saturated rings. The van der Waals surface area contributed by atoms with E-state index in [1.54, 1.807) is 12.4 Å². The monoisotopic (exact) mass is 520 g/mol. The van der Waals surface area contributed by atoms with Crippen LogP contribution in [0.5, 0.6) is 11.6 Å². The Morgan fingerprint density at radius 1 is 1.00 bits per heavy atom. The predicted octanol–water partition coefficient (Wildman–Crippen LogP) is 6.04. The van der Waals surface area contributed by atoms with Gasteiger partial charge < -0.3 is 19.9 Å². The number of aromatic nitrogens is 4. The fourth-order valence-electron chi connectivity index (χ4n) is 5.16. The normalized spacial score (nSPS) is 15.4. The summed E-state index contributed by atoms with van der Waals surface area (Å²) in [6.07, 6.45) is 7.44. The molecular weight excluding hydrogens is 488 g/mol. The average molecular weight is 521 g/mol. The second-order valence-corrected chi connectivity index (χ2v) is 10.1. The quantitative estimate of drug-likeness (QED) is 0.256. The lowest BCUT2D eigenvalue weighted by Gasteiger charge is -2.23. The third kappa shape index (κ3) is 5.61.